The van der Waals surface area contributed by atoms with Crippen LogP contribution in [0.5, 0.6) is 5.75 Å². The molecule has 0 aliphatic carbocycles. The fourth-order valence-corrected chi connectivity index (χ4v) is 5.31. The Balaban J connectivity index is 0.000000838. The van der Waals surface area contributed by atoms with Crippen molar-refractivity contribution in [3.8, 4) is 5.75 Å². The minimum Gasteiger partial charge on any atom is -0.744 e. The van der Waals surface area contributed by atoms with E-state index in [1.165, 1.54) is 18.2 Å². The van der Waals surface area contributed by atoms with Gasteiger partial charge < -0.3 is 44.8 Å². The molecule has 4 N–H and O–H groups in total. The van der Waals surface area contributed by atoms with Crippen LogP contribution in [-0.4, -0.2) is 50.7 Å². The predicted molar refractivity (Wildman–Crippen MR) is 160 cm³/mol. The van der Waals surface area contributed by atoms with Crippen molar-refractivity contribution in [3.63, 3.8) is 0 Å². The number of ether oxygens (including phenoxy) is 1. The van der Waals surface area contributed by atoms with Crippen LogP contribution in [0.25, 0.3) is 17.2 Å². The second kappa shape index (κ2) is 17.5. The number of carbonyl (C=O) groups is 2. The largest absolute Gasteiger partial charge is 0.744 e. The van der Waals surface area contributed by atoms with Crippen LogP contribution in [0, 0.1) is 0 Å². The number of aliphatic carboxylic acids is 1. The number of alkyl halides is 3. The van der Waals surface area contributed by atoms with Crippen LogP contribution in [0.1, 0.15) is 38.5 Å². The fourth-order valence-electron chi connectivity index (χ4n) is 4.43. The zero-order valence-corrected chi connectivity index (χ0v) is 27.7. The number of unbranched alkanes of at least 4 members (excludes halogenated alkanes) is 2. The van der Waals surface area contributed by atoms with Gasteiger partial charge in [0.05, 0.1) is 41.8 Å². The highest BCUT2D eigenvalue weighted by atomic mass is 32.2. The summed E-state index contributed by atoms with van der Waals surface area (Å²) in [7, 11) is -2.83. The number of nitrogens with one attached hydrogen (secondary N) is 1. The van der Waals surface area contributed by atoms with E-state index in [2.05, 4.69) is 20.4 Å². The van der Waals surface area contributed by atoms with Gasteiger partial charge >= 0.3 is 12.1 Å². The van der Waals surface area contributed by atoms with Crippen LogP contribution < -0.4 is 35.6 Å². The Morgan fingerprint density at radius 3 is 2.51 bits per heavy atom. The lowest BCUT2D eigenvalue weighted by atomic mass is 10.1. The molecular formula is C29H32F3N4O11S2-. The molecule has 1 aliphatic rings. The summed E-state index contributed by atoms with van der Waals surface area (Å²) in [5.74, 6) is -1.59. The molecule has 0 unspecified atom stereocenters. The molecule has 2 heterocycles. The van der Waals surface area contributed by atoms with Gasteiger partial charge in [-0.25, -0.2) is 8.42 Å². The Morgan fingerprint density at radius 1 is 1.16 bits per heavy atom. The Kier molecular flexibility index (Phi) is 14.0. The number of aryl methyl sites for hydroxylation is 1. The molecule has 0 atom stereocenters. The molecule has 0 radical (unpaired) electrons. The van der Waals surface area contributed by atoms with E-state index in [9.17, 15) is 36.2 Å². The maximum Gasteiger partial charge on any atom is 0.430 e. The highest BCUT2D eigenvalue weighted by Gasteiger charge is 2.29. The van der Waals surface area contributed by atoms with E-state index in [4.69, 9.17) is 19.1 Å². The van der Waals surface area contributed by atoms with Crippen LogP contribution in [0.15, 0.2) is 68.1 Å². The van der Waals surface area contributed by atoms with Crippen molar-refractivity contribution >= 4 is 56.9 Å². The number of hydrogen-bond acceptors (Lipinski definition) is 13. The Morgan fingerprint density at radius 2 is 1.88 bits per heavy atom. The van der Waals surface area contributed by atoms with E-state index in [0.29, 0.717) is 72.6 Å². The van der Waals surface area contributed by atoms with Gasteiger partial charge in [-0.2, -0.15) is 22.1 Å². The van der Waals surface area contributed by atoms with Crippen LogP contribution in [0.3, 0.4) is 0 Å². The fraction of sp³-hybridized carbons (Fsp3) is 0.345. The summed E-state index contributed by atoms with van der Waals surface area (Å²) in [6, 6.07) is 9.28. The lowest BCUT2D eigenvalue weighted by Gasteiger charge is -2.19. The normalized spacial score (nSPS) is 14.0. The third-order valence-electron chi connectivity index (χ3n) is 6.70. The SMILES string of the molecule is CC(=Cc1oc2ccc(SOO[O-])cc2[n+]1C)C=C1Oc2ccc(S(=O)(=O)[O-])cc2N1CCCCCC(=O)NCC[NH3+].O=C([O-])C(F)(F)F. The number of fused-ring (bicyclic) bond motifs is 2. The van der Waals surface area contributed by atoms with Crippen molar-refractivity contribution in [1.82, 2.24) is 5.32 Å². The van der Waals surface area contributed by atoms with Gasteiger partial charge in [-0.05, 0) is 55.7 Å². The maximum absolute atomic E-state index is 11.9. The number of rotatable bonds is 14. The number of aromatic nitrogens is 1. The molecule has 15 nitrogen and oxygen atoms in total. The summed E-state index contributed by atoms with van der Waals surface area (Å²) in [6.45, 7) is 3.52. The number of halogens is 3. The molecule has 0 saturated carbocycles. The van der Waals surface area contributed by atoms with E-state index in [0.717, 1.165) is 29.6 Å². The molecule has 3 aromatic rings. The summed E-state index contributed by atoms with van der Waals surface area (Å²) in [4.78, 5) is 22.8. The van der Waals surface area contributed by atoms with Crippen LogP contribution >= 0.6 is 12.0 Å². The standard InChI is InChI=1S/C27H32N4O9S2.C2HF3O2/c1-18(14-26-30(2)21-16-19(41-40-39-33)7-9-23(21)37-26)15-27-31(13-5-3-4-6-25(32)29-12-11-28)22-17-20(42(34,35)36)8-10-24(22)38-27;3-2(4,5)1(6)7/h7-10,14-17H,3-6,11-13,28H2,1-2H3,(H2-,29,32,33,34,35,36);(H,6,7)/p-1. The van der Waals surface area contributed by atoms with Gasteiger partial charge in [-0.1, -0.05) is 6.42 Å². The maximum atomic E-state index is 11.9. The molecule has 2 aromatic carbocycles. The topological polar surface area (TPSA) is 225 Å². The number of oxazole rings is 1. The quantitative estimate of drug-likeness (QED) is 0.0584. The number of anilines is 1. The van der Waals surface area contributed by atoms with Crippen molar-refractivity contribution in [2.24, 2.45) is 7.05 Å². The number of amides is 1. The Hall–Kier alpha value is -4.18. The van der Waals surface area contributed by atoms with Crippen molar-refractivity contribution in [2.75, 3.05) is 24.5 Å². The zero-order chi connectivity index (χ0) is 36.4. The molecule has 1 amide bonds. The van der Waals surface area contributed by atoms with Gasteiger partial charge in [0.25, 0.3) is 5.52 Å². The van der Waals surface area contributed by atoms with Gasteiger partial charge in [0.2, 0.25) is 17.4 Å². The van der Waals surface area contributed by atoms with E-state index in [-0.39, 0.29) is 10.8 Å². The van der Waals surface area contributed by atoms with Gasteiger partial charge in [0.15, 0.2) is 5.75 Å². The third kappa shape index (κ3) is 11.4. The average molecular weight is 734 g/mol. The summed E-state index contributed by atoms with van der Waals surface area (Å²) in [5, 5.41) is 25.1. The number of allylic oxidation sites excluding steroid dienone is 2. The molecule has 268 valence electrons. The number of carbonyl (C=O) groups excluding carboxylic acids is 2. The summed E-state index contributed by atoms with van der Waals surface area (Å²) in [6.07, 6.45) is 0.970. The van der Waals surface area contributed by atoms with Gasteiger partial charge in [-0.15, -0.1) is 0 Å². The average Bonchev–Trinajstić information content (AvgIpc) is 3.53. The number of carboxylic acids is 1. The van der Waals surface area contributed by atoms with E-state index in [1.807, 2.05) is 29.5 Å². The summed E-state index contributed by atoms with van der Waals surface area (Å²) < 4.78 is 84.9. The first-order valence-electron chi connectivity index (χ1n) is 14.4. The van der Waals surface area contributed by atoms with E-state index >= 15 is 0 Å². The minimum absolute atomic E-state index is 0.0151. The van der Waals surface area contributed by atoms with Crippen LogP contribution in [-0.2, 0) is 36.1 Å². The lowest BCUT2D eigenvalue weighted by Crippen LogP contribution is -2.54. The van der Waals surface area contributed by atoms with Gasteiger partial charge in [0, 0.05) is 30.0 Å². The third-order valence-corrected chi connectivity index (χ3v) is 8.10. The van der Waals surface area contributed by atoms with Crippen molar-refractivity contribution in [2.45, 2.75) is 48.6 Å². The number of carboxylic acid groups (broad SMARTS) is 1. The highest BCUT2D eigenvalue weighted by molar-refractivity contribution is 7.94. The molecule has 49 heavy (non-hydrogen) atoms. The molecule has 4 rings (SSSR count). The monoisotopic (exact) mass is 733 g/mol. The van der Waals surface area contributed by atoms with Crippen molar-refractivity contribution in [3.05, 3.63) is 59.8 Å². The molecule has 0 spiro atoms. The zero-order valence-electron chi connectivity index (χ0n) is 26.1. The molecule has 0 saturated heterocycles. The van der Waals surface area contributed by atoms with Crippen LogP contribution in [0.2, 0.25) is 0 Å². The lowest BCUT2D eigenvalue weighted by molar-refractivity contribution is -0.777. The van der Waals surface area contributed by atoms with Crippen molar-refractivity contribution < 1.29 is 74.9 Å². The molecule has 20 heteroatoms. The Labute approximate surface area is 282 Å². The summed E-state index contributed by atoms with van der Waals surface area (Å²) in [5.41, 5.74) is 6.33. The molecule has 1 aromatic heterocycles. The van der Waals surface area contributed by atoms with E-state index < -0.39 is 22.3 Å². The first-order valence-corrected chi connectivity index (χ1v) is 16.5. The second-order valence-electron chi connectivity index (χ2n) is 10.4. The number of hydrogen-bond donors (Lipinski definition) is 2. The van der Waals surface area contributed by atoms with Gasteiger partial charge in [-0.3, -0.25) is 9.83 Å². The smallest absolute Gasteiger partial charge is 0.430 e. The van der Waals surface area contributed by atoms with Gasteiger partial charge in [0.1, 0.15) is 23.1 Å². The molecular weight excluding hydrogens is 701 g/mol. The number of quaternary nitrogens is 1. The Bertz CT molecular complexity index is 1810. The number of nitrogens with zero attached hydrogens (tertiary/aromatic N) is 2. The second-order valence-corrected chi connectivity index (χ2v) is 12.5. The molecule has 0 fully saturated rings. The first kappa shape index (κ1) is 39.3. The number of benzene rings is 2. The molecule has 1 aliphatic heterocycles. The van der Waals surface area contributed by atoms with E-state index in [1.54, 1.807) is 24.3 Å². The minimum atomic E-state index is -5.19. The van der Waals surface area contributed by atoms with Crippen molar-refractivity contribution in [1.29, 1.82) is 0 Å². The molecule has 0 bridgehead atoms. The highest BCUT2D eigenvalue weighted by Crippen LogP contribution is 2.41. The first-order chi connectivity index (χ1) is 23.0. The summed E-state index contributed by atoms with van der Waals surface area (Å²) >= 11 is 0.783. The predicted octanol–water partition coefficient (Wildman–Crippen LogP) is 0.753. The van der Waals surface area contributed by atoms with Crippen LogP contribution in [0.4, 0.5) is 18.9 Å².